The number of nitrogens with zero attached hydrogens (tertiary/aromatic N) is 1. The second-order valence-corrected chi connectivity index (χ2v) is 6.10. The number of rotatable bonds is 6. The first kappa shape index (κ1) is 17.9. The average Bonchev–Trinajstić information content (AvgIpc) is 2.60. The van der Waals surface area contributed by atoms with Crippen LogP contribution in [0.25, 0.3) is 0 Å². The number of amides is 1. The van der Waals surface area contributed by atoms with E-state index in [9.17, 15) is 19.7 Å². The number of carbonyl (C=O) groups excluding carboxylic acids is 2. The first-order chi connectivity index (χ1) is 11.5. The Kier molecular flexibility index (Phi) is 6.28. The highest BCUT2D eigenvalue weighted by Crippen LogP contribution is 2.22. The van der Waals surface area contributed by atoms with Gasteiger partial charge in [-0.05, 0) is 37.8 Å². The van der Waals surface area contributed by atoms with E-state index in [-0.39, 0.29) is 17.2 Å². The number of nitrogens with one attached hydrogen (secondary N) is 1. The summed E-state index contributed by atoms with van der Waals surface area (Å²) in [5, 5.41) is 13.4. The molecule has 130 valence electrons. The topological polar surface area (TPSA) is 98.5 Å². The lowest BCUT2D eigenvalue weighted by atomic mass is 9.89. The van der Waals surface area contributed by atoms with Gasteiger partial charge in [0.1, 0.15) is 0 Å². The van der Waals surface area contributed by atoms with Crippen LogP contribution in [0.3, 0.4) is 0 Å². The molecule has 0 aromatic heterocycles. The smallest absolute Gasteiger partial charge is 0.338 e. The number of hydrogen-bond acceptors (Lipinski definition) is 5. The number of non-ortho nitro benzene ring substituents is 1. The molecule has 0 aliphatic heterocycles. The highest BCUT2D eigenvalue weighted by atomic mass is 16.6. The highest BCUT2D eigenvalue weighted by Gasteiger charge is 2.21. The Balaban J connectivity index is 1.81. The van der Waals surface area contributed by atoms with Gasteiger partial charge in [-0.25, -0.2) is 4.79 Å². The third kappa shape index (κ3) is 5.04. The summed E-state index contributed by atoms with van der Waals surface area (Å²) in [6, 6.07) is 5.08. The summed E-state index contributed by atoms with van der Waals surface area (Å²) in [5.41, 5.74) is 0.0670. The monoisotopic (exact) mass is 334 g/mol. The Labute approximate surface area is 140 Å². The molecule has 0 unspecified atom stereocenters. The van der Waals surface area contributed by atoms with Crippen LogP contribution in [0.1, 0.15) is 49.4 Å². The van der Waals surface area contributed by atoms with Crippen LogP contribution in [0.15, 0.2) is 24.3 Å². The number of ether oxygens (including phenoxy) is 1. The third-order valence-electron chi connectivity index (χ3n) is 4.26. The van der Waals surface area contributed by atoms with Crippen molar-refractivity contribution in [1.29, 1.82) is 0 Å². The van der Waals surface area contributed by atoms with Crippen molar-refractivity contribution in [2.24, 2.45) is 5.92 Å². The molecule has 1 atom stereocenters. The van der Waals surface area contributed by atoms with Gasteiger partial charge >= 0.3 is 5.97 Å². The quantitative estimate of drug-likeness (QED) is 0.490. The van der Waals surface area contributed by atoms with Gasteiger partial charge in [-0.3, -0.25) is 14.9 Å². The molecule has 1 aliphatic carbocycles. The molecule has 7 nitrogen and oxygen atoms in total. The molecule has 1 N–H and O–H groups in total. The fraction of sp³-hybridized carbons (Fsp3) is 0.529. The van der Waals surface area contributed by atoms with Crippen molar-refractivity contribution in [1.82, 2.24) is 5.32 Å². The van der Waals surface area contributed by atoms with Crippen LogP contribution >= 0.6 is 0 Å². The van der Waals surface area contributed by atoms with Crippen LogP contribution in [-0.2, 0) is 9.53 Å². The zero-order chi connectivity index (χ0) is 17.5. The Hall–Kier alpha value is -2.44. The van der Waals surface area contributed by atoms with E-state index in [4.69, 9.17) is 4.74 Å². The maximum Gasteiger partial charge on any atom is 0.338 e. The zero-order valence-corrected chi connectivity index (χ0v) is 13.7. The minimum absolute atomic E-state index is 0.107. The molecule has 1 aromatic rings. The number of hydrogen-bond donors (Lipinski definition) is 1. The average molecular weight is 334 g/mol. The van der Waals surface area contributed by atoms with E-state index in [2.05, 4.69) is 5.32 Å². The number of benzene rings is 1. The van der Waals surface area contributed by atoms with Crippen molar-refractivity contribution < 1.29 is 19.2 Å². The normalized spacial score (nSPS) is 16.2. The molecule has 1 amide bonds. The Morgan fingerprint density at radius 3 is 2.46 bits per heavy atom. The van der Waals surface area contributed by atoms with Gasteiger partial charge in [-0.15, -0.1) is 0 Å². The molecule has 0 radical (unpaired) electrons. The number of carbonyl (C=O) groups is 2. The fourth-order valence-corrected chi connectivity index (χ4v) is 2.78. The molecule has 0 bridgehead atoms. The van der Waals surface area contributed by atoms with E-state index < -0.39 is 17.0 Å². The van der Waals surface area contributed by atoms with Crippen molar-refractivity contribution in [2.75, 3.05) is 6.54 Å². The van der Waals surface area contributed by atoms with Crippen LogP contribution in [0.4, 0.5) is 5.69 Å². The molecule has 0 spiro atoms. The summed E-state index contributed by atoms with van der Waals surface area (Å²) in [4.78, 5) is 34.0. The Morgan fingerprint density at radius 1 is 1.25 bits per heavy atom. The summed E-state index contributed by atoms with van der Waals surface area (Å²) >= 11 is 0. The third-order valence-corrected chi connectivity index (χ3v) is 4.26. The second kappa shape index (κ2) is 8.42. The Morgan fingerprint density at radius 2 is 1.88 bits per heavy atom. The maximum atomic E-state index is 12.0. The van der Waals surface area contributed by atoms with Gasteiger partial charge in [0.05, 0.1) is 10.5 Å². The Bertz CT molecular complexity index is 594. The van der Waals surface area contributed by atoms with Crippen molar-refractivity contribution in [3.8, 4) is 0 Å². The van der Waals surface area contributed by atoms with E-state index >= 15 is 0 Å². The van der Waals surface area contributed by atoms with Gasteiger partial charge < -0.3 is 10.1 Å². The van der Waals surface area contributed by atoms with Gasteiger partial charge in [0.15, 0.2) is 6.10 Å². The first-order valence-corrected chi connectivity index (χ1v) is 8.20. The number of nitro benzene ring substituents is 1. The zero-order valence-electron chi connectivity index (χ0n) is 13.7. The molecule has 1 fully saturated rings. The molecule has 7 heteroatoms. The van der Waals surface area contributed by atoms with Crippen LogP contribution < -0.4 is 5.32 Å². The van der Waals surface area contributed by atoms with Crippen LogP contribution in [0.5, 0.6) is 0 Å². The predicted molar refractivity (Wildman–Crippen MR) is 87.6 cm³/mol. The molecular weight excluding hydrogens is 312 g/mol. The number of esters is 1. The molecule has 24 heavy (non-hydrogen) atoms. The lowest BCUT2D eigenvalue weighted by Crippen LogP contribution is -2.38. The summed E-state index contributed by atoms with van der Waals surface area (Å²) in [5.74, 6) is -0.499. The predicted octanol–water partition coefficient (Wildman–Crippen LogP) is 2.84. The SMILES string of the molecule is C[C@@H](OC(=O)c1ccc([N+](=O)[O-])cc1)C(=O)NCC1CCCCC1. The number of nitro groups is 1. The first-order valence-electron chi connectivity index (χ1n) is 8.20. The summed E-state index contributed by atoms with van der Waals surface area (Å²) < 4.78 is 5.12. The fourth-order valence-electron chi connectivity index (χ4n) is 2.78. The van der Waals surface area contributed by atoms with Crippen LogP contribution in [0.2, 0.25) is 0 Å². The van der Waals surface area contributed by atoms with Gasteiger partial charge in [0, 0.05) is 18.7 Å². The van der Waals surface area contributed by atoms with Crippen molar-refractivity contribution >= 4 is 17.6 Å². The van der Waals surface area contributed by atoms with Gasteiger partial charge in [-0.2, -0.15) is 0 Å². The maximum absolute atomic E-state index is 12.0. The van der Waals surface area contributed by atoms with E-state index in [1.54, 1.807) is 0 Å². The van der Waals surface area contributed by atoms with Gasteiger partial charge in [0.2, 0.25) is 0 Å². The van der Waals surface area contributed by atoms with Crippen LogP contribution in [0, 0.1) is 16.0 Å². The summed E-state index contributed by atoms with van der Waals surface area (Å²) in [6.45, 7) is 2.12. The molecule has 0 heterocycles. The van der Waals surface area contributed by atoms with E-state index in [0.717, 1.165) is 12.8 Å². The molecule has 2 rings (SSSR count). The minimum Gasteiger partial charge on any atom is -0.449 e. The van der Waals surface area contributed by atoms with Gasteiger partial charge in [-0.1, -0.05) is 19.3 Å². The van der Waals surface area contributed by atoms with E-state index in [1.807, 2.05) is 0 Å². The molecule has 0 saturated heterocycles. The molecule has 1 aromatic carbocycles. The van der Waals surface area contributed by atoms with Crippen LogP contribution in [-0.4, -0.2) is 29.4 Å². The largest absolute Gasteiger partial charge is 0.449 e. The second-order valence-electron chi connectivity index (χ2n) is 6.10. The van der Waals surface area contributed by atoms with Gasteiger partial charge in [0.25, 0.3) is 11.6 Å². The lowest BCUT2D eigenvalue weighted by Gasteiger charge is -2.22. The van der Waals surface area contributed by atoms with Crippen molar-refractivity contribution in [3.63, 3.8) is 0 Å². The van der Waals surface area contributed by atoms with Crippen molar-refractivity contribution in [2.45, 2.75) is 45.1 Å². The minimum atomic E-state index is -0.906. The van der Waals surface area contributed by atoms with E-state index in [0.29, 0.717) is 12.5 Å². The molecule has 1 saturated carbocycles. The highest BCUT2D eigenvalue weighted by molar-refractivity contribution is 5.92. The van der Waals surface area contributed by atoms with Crippen molar-refractivity contribution in [3.05, 3.63) is 39.9 Å². The standard InChI is InChI=1S/C17H22N2O5/c1-12(16(20)18-11-13-5-3-2-4-6-13)24-17(21)14-7-9-15(10-8-14)19(22)23/h7-10,12-13H,2-6,11H2,1H3,(H,18,20)/t12-/m1/s1. The van der Waals surface area contributed by atoms with E-state index in [1.165, 1.54) is 50.5 Å². The summed E-state index contributed by atoms with van der Waals surface area (Å²) in [7, 11) is 0. The lowest BCUT2D eigenvalue weighted by molar-refractivity contribution is -0.384. The molecule has 1 aliphatic rings. The molecular formula is C17H22N2O5. The summed E-state index contributed by atoms with van der Waals surface area (Å²) in [6.07, 6.45) is 5.00.